The molecule has 5 heteroatoms. The average Bonchev–Trinajstić information content (AvgIpc) is 2.42. The van der Waals surface area contributed by atoms with E-state index >= 15 is 0 Å². The van der Waals surface area contributed by atoms with Crippen LogP contribution in [0.5, 0.6) is 0 Å². The van der Waals surface area contributed by atoms with Crippen LogP contribution in [0, 0.1) is 12.8 Å². The number of nitrogen functional groups attached to an aromatic ring is 1. The summed E-state index contributed by atoms with van der Waals surface area (Å²) in [5.74, 6) is 6.41. The number of hydrazine groups is 1. The Kier molecular flexibility index (Phi) is 5.76. The van der Waals surface area contributed by atoms with E-state index in [-0.39, 0.29) is 5.91 Å². The summed E-state index contributed by atoms with van der Waals surface area (Å²) in [6.45, 7) is 9.62. The molecule has 5 nitrogen and oxygen atoms in total. The first-order valence-electron chi connectivity index (χ1n) is 6.76. The number of nitrogens with one attached hydrogen (secondary N) is 1. The Bertz CT molecular complexity index is 433. The minimum absolute atomic E-state index is 0.0322. The molecule has 0 saturated heterocycles. The van der Waals surface area contributed by atoms with Gasteiger partial charge in [-0.15, -0.1) is 0 Å². The number of rotatable bonds is 6. The van der Waals surface area contributed by atoms with Crippen molar-refractivity contribution in [2.75, 3.05) is 18.5 Å². The molecule has 1 unspecified atom stereocenters. The lowest BCUT2D eigenvalue weighted by Gasteiger charge is -2.24. The van der Waals surface area contributed by atoms with Gasteiger partial charge >= 0.3 is 0 Å². The maximum atomic E-state index is 12.5. The van der Waals surface area contributed by atoms with E-state index in [1.807, 2.05) is 18.7 Å². The van der Waals surface area contributed by atoms with Crippen LogP contribution in [0.3, 0.4) is 0 Å². The van der Waals surface area contributed by atoms with Gasteiger partial charge in [-0.25, -0.2) is 10.8 Å². The predicted octanol–water partition coefficient (Wildman–Crippen LogP) is 2.18. The van der Waals surface area contributed by atoms with Gasteiger partial charge in [-0.1, -0.05) is 20.3 Å². The first-order valence-corrected chi connectivity index (χ1v) is 6.76. The van der Waals surface area contributed by atoms with Crippen LogP contribution in [0.4, 0.5) is 5.82 Å². The van der Waals surface area contributed by atoms with Crippen LogP contribution < -0.4 is 11.3 Å². The molecule has 0 saturated carbocycles. The molecule has 0 radical (unpaired) electrons. The monoisotopic (exact) mass is 264 g/mol. The molecule has 1 rings (SSSR count). The molecule has 1 aromatic rings. The van der Waals surface area contributed by atoms with Crippen molar-refractivity contribution in [1.29, 1.82) is 0 Å². The largest absolute Gasteiger partial charge is 0.339 e. The number of hydrogen-bond donors (Lipinski definition) is 2. The summed E-state index contributed by atoms with van der Waals surface area (Å²) in [6.07, 6.45) is 1.06. The number of carbonyl (C=O) groups is 1. The molecule has 106 valence electrons. The van der Waals surface area contributed by atoms with Crippen molar-refractivity contribution in [3.05, 3.63) is 23.4 Å². The highest BCUT2D eigenvalue weighted by molar-refractivity contribution is 5.95. The van der Waals surface area contributed by atoms with Crippen LogP contribution >= 0.6 is 0 Å². The Balaban J connectivity index is 2.93. The third-order valence-electron chi connectivity index (χ3n) is 3.25. The van der Waals surface area contributed by atoms with Gasteiger partial charge in [0.1, 0.15) is 5.82 Å². The zero-order valence-corrected chi connectivity index (χ0v) is 12.2. The molecule has 0 bridgehead atoms. The molecule has 0 spiro atoms. The highest BCUT2D eigenvalue weighted by Crippen LogP contribution is 2.13. The number of nitrogens with zero attached hydrogens (tertiary/aromatic N) is 2. The Labute approximate surface area is 115 Å². The summed E-state index contributed by atoms with van der Waals surface area (Å²) >= 11 is 0. The average molecular weight is 264 g/mol. The van der Waals surface area contributed by atoms with Gasteiger partial charge in [-0.2, -0.15) is 0 Å². The van der Waals surface area contributed by atoms with Gasteiger partial charge in [0.2, 0.25) is 0 Å². The Morgan fingerprint density at radius 3 is 2.68 bits per heavy atom. The summed E-state index contributed by atoms with van der Waals surface area (Å²) < 4.78 is 0. The fourth-order valence-electron chi connectivity index (χ4n) is 1.91. The van der Waals surface area contributed by atoms with E-state index in [1.165, 1.54) is 0 Å². The number of anilines is 1. The van der Waals surface area contributed by atoms with E-state index in [9.17, 15) is 4.79 Å². The standard InChI is InChI=1S/C14H24N4O/c1-5-10(3)9-18(6-2)14(19)12-7-11(4)16-13(8-12)17-15/h7-8,10H,5-6,9,15H2,1-4H3,(H,16,17). The predicted molar refractivity (Wildman–Crippen MR) is 77.8 cm³/mol. The molecule has 1 amide bonds. The summed E-state index contributed by atoms with van der Waals surface area (Å²) in [5, 5.41) is 0. The molecule has 0 aromatic carbocycles. The van der Waals surface area contributed by atoms with E-state index < -0.39 is 0 Å². The number of carbonyl (C=O) groups excluding carboxylic acids is 1. The van der Waals surface area contributed by atoms with E-state index in [4.69, 9.17) is 5.84 Å². The van der Waals surface area contributed by atoms with Gasteiger partial charge in [0.25, 0.3) is 5.91 Å². The second kappa shape index (κ2) is 7.09. The van der Waals surface area contributed by atoms with Crippen LogP contribution in [-0.2, 0) is 0 Å². The lowest BCUT2D eigenvalue weighted by Crippen LogP contribution is -2.34. The van der Waals surface area contributed by atoms with Gasteiger partial charge in [0, 0.05) is 24.3 Å². The van der Waals surface area contributed by atoms with Crippen molar-refractivity contribution in [2.24, 2.45) is 11.8 Å². The SMILES string of the molecule is CCC(C)CN(CC)C(=O)c1cc(C)nc(NN)c1. The van der Waals surface area contributed by atoms with Crippen LogP contribution in [0.2, 0.25) is 0 Å². The van der Waals surface area contributed by atoms with Gasteiger partial charge in [0.05, 0.1) is 0 Å². The van der Waals surface area contributed by atoms with Crippen molar-refractivity contribution in [1.82, 2.24) is 9.88 Å². The van der Waals surface area contributed by atoms with E-state index in [0.717, 1.165) is 18.7 Å². The zero-order valence-electron chi connectivity index (χ0n) is 12.2. The third kappa shape index (κ3) is 4.21. The lowest BCUT2D eigenvalue weighted by molar-refractivity contribution is 0.0740. The van der Waals surface area contributed by atoms with Gasteiger partial charge in [-0.3, -0.25) is 4.79 Å². The summed E-state index contributed by atoms with van der Waals surface area (Å²) in [6, 6.07) is 3.48. The number of aryl methyl sites for hydroxylation is 1. The number of nitrogens with two attached hydrogens (primary N) is 1. The molecule has 0 aliphatic carbocycles. The summed E-state index contributed by atoms with van der Waals surface area (Å²) in [5.41, 5.74) is 3.90. The fourth-order valence-corrected chi connectivity index (χ4v) is 1.91. The van der Waals surface area contributed by atoms with Gasteiger partial charge in [-0.05, 0) is 31.9 Å². The minimum atomic E-state index is 0.0322. The van der Waals surface area contributed by atoms with Crippen molar-refractivity contribution in [3.63, 3.8) is 0 Å². The topological polar surface area (TPSA) is 71.2 Å². The normalized spacial score (nSPS) is 12.1. The molecular weight excluding hydrogens is 240 g/mol. The first-order chi connectivity index (χ1) is 9.01. The Morgan fingerprint density at radius 1 is 1.47 bits per heavy atom. The van der Waals surface area contributed by atoms with E-state index in [1.54, 1.807) is 12.1 Å². The molecule has 3 N–H and O–H groups in total. The maximum Gasteiger partial charge on any atom is 0.254 e. The maximum absolute atomic E-state index is 12.5. The second-order valence-electron chi connectivity index (χ2n) is 4.88. The van der Waals surface area contributed by atoms with E-state index in [0.29, 0.717) is 23.8 Å². The molecule has 0 aliphatic rings. The van der Waals surface area contributed by atoms with Gasteiger partial charge < -0.3 is 10.3 Å². The smallest absolute Gasteiger partial charge is 0.254 e. The quantitative estimate of drug-likeness (QED) is 0.610. The molecule has 0 fully saturated rings. The molecule has 1 aromatic heterocycles. The number of aromatic nitrogens is 1. The number of hydrogen-bond acceptors (Lipinski definition) is 4. The highest BCUT2D eigenvalue weighted by atomic mass is 16.2. The van der Waals surface area contributed by atoms with Crippen LogP contribution in [-0.4, -0.2) is 28.9 Å². The lowest BCUT2D eigenvalue weighted by atomic mass is 10.1. The Morgan fingerprint density at radius 2 is 2.16 bits per heavy atom. The third-order valence-corrected chi connectivity index (χ3v) is 3.25. The first kappa shape index (κ1) is 15.4. The zero-order chi connectivity index (χ0) is 14.4. The van der Waals surface area contributed by atoms with Gasteiger partial charge in [0.15, 0.2) is 0 Å². The summed E-state index contributed by atoms with van der Waals surface area (Å²) in [4.78, 5) is 18.5. The van der Waals surface area contributed by atoms with Crippen molar-refractivity contribution in [3.8, 4) is 0 Å². The summed E-state index contributed by atoms with van der Waals surface area (Å²) in [7, 11) is 0. The van der Waals surface area contributed by atoms with Crippen LogP contribution in [0.15, 0.2) is 12.1 Å². The molecule has 1 heterocycles. The molecule has 0 aliphatic heterocycles. The second-order valence-corrected chi connectivity index (χ2v) is 4.88. The molecular formula is C14H24N4O. The number of pyridine rings is 1. The highest BCUT2D eigenvalue weighted by Gasteiger charge is 2.17. The van der Waals surface area contributed by atoms with Crippen molar-refractivity contribution in [2.45, 2.75) is 34.1 Å². The fraction of sp³-hybridized carbons (Fsp3) is 0.571. The van der Waals surface area contributed by atoms with Crippen LogP contribution in [0.25, 0.3) is 0 Å². The Hall–Kier alpha value is -1.62. The minimum Gasteiger partial charge on any atom is -0.339 e. The number of amides is 1. The van der Waals surface area contributed by atoms with Crippen molar-refractivity contribution < 1.29 is 4.79 Å². The molecule has 1 atom stereocenters. The van der Waals surface area contributed by atoms with Crippen LogP contribution in [0.1, 0.15) is 43.2 Å². The molecule has 19 heavy (non-hydrogen) atoms. The van der Waals surface area contributed by atoms with E-state index in [2.05, 4.69) is 24.3 Å². The van der Waals surface area contributed by atoms with Crippen molar-refractivity contribution >= 4 is 11.7 Å².